The molecule has 16 heavy (non-hydrogen) atoms. The highest BCUT2D eigenvalue weighted by atomic mass is 15.1. The fourth-order valence-electron chi connectivity index (χ4n) is 2.20. The van der Waals surface area contributed by atoms with Crippen LogP contribution in [0.5, 0.6) is 0 Å². The normalized spacial score (nSPS) is 15.4. The molecule has 3 nitrogen and oxygen atoms in total. The van der Waals surface area contributed by atoms with Crippen LogP contribution in [-0.2, 0) is 19.4 Å². The van der Waals surface area contributed by atoms with Gasteiger partial charge in [0.15, 0.2) is 0 Å². The summed E-state index contributed by atoms with van der Waals surface area (Å²) in [5, 5.41) is 3.46. The first-order chi connectivity index (χ1) is 7.75. The van der Waals surface area contributed by atoms with Crippen LogP contribution in [0, 0.1) is 5.92 Å². The van der Waals surface area contributed by atoms with Gasteiger partial charge in [0.25, 0.3) is 0 Å². The predicted molar refractivity (Wildman–Crippen MR) is 66.6 cm³/mol. The van der Waals surface area contributed by atoms with Crippen LogP contribution >= 0.6 is 0 Å². The predicted octanol–water partition coefficient (Wildman–Crippen LogP) is 2.01. The lowest BCUT2D eigenvalue weighted by Crippen LogP contribution is -2.22. The SMILES string of the molecule is CC(C)CNCCc1cn2c(n1)CCCC2. The first kappa shape index (κ1) is 11.6. The Hall–Kier alpha value is -0.830. The van der Waals surface area contributed by atoms with E-state index in [-0.39, 0.29) is 0 Å². The van der Waals surface area contributed by atoms with Gasteiger partial charge in [-0.25, -0.2) is 4.98 Å². The van der Waals surface area contributed by atoms with E-state index in [1.54, 1.807) is 0 Å². The summed E-state index contributed by atoms with van der Waals surface area (Å²) >= 11 is 0. The zero-order valence-electron chi connectivity index (χ0n) is 10.5. The average molecular weight is 221 g/mol. The van der Waals surface area contributed by atoms with E-state index in [1.165, 1.54) is 37.3 Å². The lowest BCUT2D eigenvalue weighted by atomic mass is 10.2. The molecule has 90 valence electrons. The van der Waals surface area contributed by atoms with E-state index in [0.717, 1.165) is 25.4 Å². The maximum absolute atomic E-state index is 4.69. The molecule has 2 rings (SSSR count). The van der Waals surface area contributed by atoms with Crippen molar-refractivity contribution in [3.05, 3.63) is 17.7 Å². The third kappa shape index (κ3) is 3.08. The van der Waals surface area contributed by atoms with Gasteiger partial charge in [-0.3, -0.25) is 0 Å². The number of nitrogens with zero attached hydrogens (tertiary/aromatic N) is 2. The van der Waals surface area contributed by atoms with E-state index in [2.05, 4.69) is 29.9 Å². The molecule has 0 aromatic carbocycles. The average Bonchev–Trinajstić information content (AvgIpc) is 2.66. The first-order valence-corrected chi connectivity index (χ1v) is 6.51. The Balaban J connectivity index is 1.79. The van der Waals surface area contributed by atoms with E-state index < -0.39 is 0 Å². The largest absolute Gasteiger partial charge is 0.335 e. The van der Waals surface area contributed by atoms with Gasteiger partial charge in [-0.2, -0.15) is 0 Å². The highest BCUT2D eigenvalue weighted by molar-refractivity contribution is 5.06. The summed E-state index contributed by atoms with van der Waals surface area (Å²) in [5.74, 6) is 2.03. The van der Waals surface area contributed by atoms with Gasteiger partial charge in [-0.15, -0.1) is 0 Å². The van der Waals surface area contributed by atoms with Crippen molar-refractivity contribution in [1.82, 2.24) is 14.9 Å². The van der Waals surface area contributed by atoms with Gasteiger partial charge in [0.2, 0.25) is 0 Å². The molecular weight excluding hydrogens is 198 g/mol. The quantitative estimate of drug-likeness (QED) is 0.771. The van der Waals surface area contributed by atoms with Gasteiger partial charge in [0, 0.05) is 32.1 Å². The second kappa shape index (κ2) is 5.48. The summed E-state index contributed by atoms with van der Waals surface area (Å²) in [6.45, 7) is 7.80. The molecular formula is C13H23N3. The molecule has 1 aliphatic heterocycles. The Morgan fingerprint density at radius 3 is 3.06 bits per heavy atom. The summed E-state index contributed by atoms with van der Waals surface area (Å²) in [7, 11) is 0. The maximum atomic E-state index is 4.69. The summed E-state index contributed by atoms with van der Waals surface area (Å²) in [4.78, 5) is 4.69. The molecule has 0 atom stereocenters. The Kier molecular flexibility index (Phi) is 3.99. The van der Waals surface area contributed by atoms with E-state index >= 15 is 0 Å². The fraction of sp³-hybridized carbons (Fsp3) is 0.769. The highest BCUT2D eigenvalue weighted by Crippen LogP contribution is 2.14. The van der Waals surface area contributed by atoms with Gasteiger partial charge in [-0.05, 0) is 25.3 Å². The molecule has 1 aromatic heterocycles. The second-order valence-corrected chi connectivity index (χ2v) is 5.15. The number of rotatable bonds is 5. The molecule has 3 heteroatoms. The van der Waals surface area contributed by atoms with Gasteiger partial charge >= 0.3 is 0 Å². The van der Waals surface area contributed by atoms with Gasteiger partial charge in [-0.1, -0.05) is 13.8 Å². The summed E-state index contributed by atoms with van der Waals surface area (Å²) in [6, 6.07) is 0. The van der Waals surface area contributed by atoms with E-state index in [9.17, 15) is 0 Å². The molecule has 0 radical (unpaired) electrons. The van der Waals surface area contributed by atoms with Crippen molar-refractivity contribution in [2.45, 2.75) is 46.1 Å². The Morgan fingerprint density at radius 1 is 1.44 bits per heavy atom. The zero-order chi connectivity index (χ0) is 11.4. The van der Waals surface area contributed by atoms with Crippen LogP contribution in [0.4, 0.5) is 0 Å². The second-order valence-electron chi connectivity index (χ2n) is 5.15. The van der Waals surface area contributed by atoms with Gasteiger partial charge in [0.1, 0.15) is 5.82 Å². The molecule has 0 bridgehead atoms. The minimum absolute atomic E-state index is 0.732. The standard InChI is InChI=1S/C13H23N3/c1-11(2)9-14-7-6-12-10-16-8-4-3-5-13(16)15-12/h10-11,14H,3-9H2,1-2H3. The van der Waals surface area contributed by atoms with Crippen LogP contribution in [-0.4, -0.2) is 22.6 Å². The van der Waals surface area contributed by atoms with Crippen LogP contribution in [0.2, 0.25) is 0 Å². The molecule has 0 aliphatic carbocycles. The Labute approximate surface area is 98.3 Å². The van der Waals surface area contributed by atoms with Crippen LogP contribution in [0.15, 0.2) is 6.20 Å². The van der Waals surface area contributed by atoms with E-state index in [0.29, 0.717) is 0 Å². The Bertz CT molecular complexity index is 304. The molecule has 0 unspecified atom stereocenters. The molecule has 0 saturated heterocycles. The minimum Gasteiger partial charge on any atom is -0.335 e. The number of aromatic nitrogens is 2. The number of hydrogen-bond acceptors (Lipinski definition) is 2. The zero-order valence-corrected chi connectivity index (χ0v) is 10.5. The van der Waals surface area contributed by atoms with Crippen molar-refractivity contribution in [1.29, 1.82) is 0 Å². The molecule has 0 saturated carbocycles. The van der Waals surface area contributed by atoms with Crippen molar-refractivity contribution in [2.75, 3.05) is 13.1 Å². The third-order valence-electron chi connectivity index (χ3n) is 3.07. The van der Waals surface area contributed by atoms with E-state index in [1.807, 2.05) is 0 Å². The van der Waals surface area contributed by atoms with Crippen LogP contribution < -0.4 is 5.32 Å². The third-order valence-corrected chi connectivity index (χ3v) is 3.07. The fourth-order valence-corrected chi connectivity index (χ4v) is 2.20. The first-order valence-electron chi connectivity index (χ1n) is 6.51. The molecule has 0 fully saturated rings. The van der Waals surface area contributed by atoms with Crippen LogP contribution in [0.3, 0.4) is 0 Å². The lowest BCUT2D eigenvalue weighted by Gasteiger charge is -2.11. The number of aryl methyl sites for hydroxylation is 2. The Morgan fingerprint density at radius 2 is 2.31 bits per heavy atom. The van der Waals surface area contributed by atoms with Crippen molar-refractivity contribution in [3.63, 3.8) is 0 Å². The van der Waals surface area contributed by atoms with Crippen molar-refractivity contribution in [3.8, 4) is 0 Å². The monoisotopic (exact) mass is 221 g/mol. The van der Waals surface area contributed by atoms with E-state index in [4.69, 9.17) is 4.98 Å². The molecule has 1 N–H and O–H groups in total. The highest BCUT2D eigenvalue weighted by Gasteiger charge is 2.11. The topological polar surface area (TPSA) is 29.9 Å². The van der Waals surface area contributed by atoms with Gasteiger partial charge in [0.05, 0.1) is 5.69 Å². The molecule has 0 amide bonds. The molecule has 1 aromatic rings. The number of imidazole rings is 1. The molecule has 2 heterocycles. The molecule has 1 aliphatic rings. The van der Waals surface area contributed by atoms with Crippen molar-refractivity contribution >= 4 is 0 Å². The van der Waals surface area contributed by atoms with Crippen LogP contribution in [0.1, 0.15) is 38.2 Å². The molecule has 0 spiro atoms. The van der Waals surface area contributed by atoms with Crippen molar-refractivity contribution < 1.29 is 0 Å². The number of fused-ring (bicyclic) bond motifs is 1. The lowest BCUT2D eigenvalue weighted by molar-refractivity contribution is 0.522. The van der Waals surface area contributed by atoms with Crippen molar-refractivity contribution in [2.24, 2.45) is 5.92 Å². The minimum atomic E-state index is 0.732. The smallest absolute Gasteiger partial charge is 0.108 e. The summed E-state index contributed by atoms with van der Waals surface area (Å²) in [5.41, 5.74) is 1.26. The van der Waals surface area contributed by atoms with Gasteiger partial charge < -0.3 is 9.88 Å². The summed E-state index contributed by atoms with van der Waals surface area (Å²) < 4.78 is 2.33. The number of hydrogen-bond donors (Lipinski definition) is 1. The maximum Gasteiger partial charge on any atom is 0.108 e. The number of nitrogens with one attached hydrogen (secondary N) is 1. The summed E-state index contributed by atoms with van der Waals surface area (Å²) in [6.07, 6.45) is 7.09. The van der Waals surface area contributed by atoms with Crippen LogP contribution in [0.25, 0.3) is 0 Å².